The molecule has 0 saturated carbocycles. The summed E-state index contributed by atoms with van der Waals surface area (Å²) in [4.78, 5) is 0. The van der Waals surface area contributed by atoms with Gasteiger partial charge in [0.25, 0.3) is 0 Å². The molecule has 0 aliphatic rings. The summed E-state index contributed by atoms with van der Waals surface area (Å²) in [7, 11) is 1.42. The van der Waals surface area contributed by atoms with Crippen LogP contribution in [0, 0.1) is 5.21 Å². The molecule has 1 aromatic carbocycles. The summed E-state index contributed by atoms with van der Waals surface area (Å²) in [6.07, 6.45) is -0.955. The number of pyridine rings is 1. The van der Waals surface area contributed by atoms with E-state index < -0.39 is 6.10 Å². The zero-order valence-electron chi connectivity index (χ0n) is 9.41. The van der Waals surface area contributed by atoms with Crippen molar-refractivity contribution in [3.8, 4) is 5.88 Å². The monoisotopic (exact) mass is 231 g/mol. The Morgan fingerprint density at radius 3 is 2.47 bits per heavy atom. The third-order valence-corrected chi connectivity index (χ3v) is 2.55. The Morgan fingerprint density at radius 2 is 1.82 bits per heavy atom. The summed E-state index contributed by atoms with van der Waals surface area (Å²) in [5, 5.41) is 22.0. The minimum atomic E-state index is -0.955. The van der Waals surface area contributed by atoms with E-state index in [1.807, 2.05) is 18.2 Å². The van der Waals surface area contributed by atoms with E-state index in [2.05, 4.69) is 0 Å². The van der Waals surface area contributed by atoms with Crippen LogP contribution in [0.25, 0.3) is 0 Å². The molecule has 2 rings (SSSR count). The van der Waals surface area contributed by atoms with E-state index in [9.17, 15) is 10.3 Å². The smallest absolute Gasteiger partial charge is 0.379 e. The van der Waals surface area contributed by atoms with Crippen molar-refractivity contribution in [3.63, 3.8) is 0 Å². The molecule has 0 amide bonds. The van der Waals surface area contributed by atoms with Gasteiger partial charge >= 0.3 is 5.88 Å². The van der Waals surface area contributed by atoms with E-state index in [-0.39, 0.29) is 11.6 Å². The van der Waals surface area contributed by atoms with Crippen molar-refractivity contribution in [2.24, 2.45) is 0 Å². The van der Waals surface area contributed by atoms with Crippen LogP contribution in [0.4, 0.5) is 0 Å². The maximum Gasteiger partial charge on any atom is 0.379 e. The van der Waals surface area contributed by atoms with Crippen molar-refractivity contribution in [3.05, 3.63) is 65.0 Å². The van der Waals surface area contributed by atoms with Crippen LogP contribution in [0.5, 0.6) is 5.88 Å². The summed E-state index contributed by atoms with van der Waals surface area (Å²) in [6.45, 7) is 0. The van der Waals surface area contributed by atoms with Gasteiger partial charge in [-0.15, -0.1) is 4.73 Å². The molecule has 0 aliphatic heterocycles. The molecule has 1 unspecified atom stereocenters. The Labute approximate surface area is 99.3 Å². The van der Waals surface area contributed by atoms with Crippen LogP contribution in [-0.2, 0) is 0 Å². The molecule has 0 spiro atoms. The SMILES string of the molecule is COc1cccc(C(O)c2ccccc2)[n+]1[O-]. The van der Waals surface area contributed by atoms with Crippen molar-refractivity contribution in [1.29, 1.82) is 0 Å². The first-order valence-corrected chi connectivity index (χ1v) is 5.23. The van der Waals surface area contributed by atoms with Gasteiger partial charge in [-0.2, -0.15) is 0 Å². The summed E-state index contributed by atoms with van der Waals surface area (Å²) in [5.74, 6) is 0.164. The van der Waals surface area contributed by atoms with Gasteiger partial charge in [0, 0.05) is 6.07 Å². The van der Waals surface area contributed by atoms with E-state index in [4.69, 9.17) is 4.74 Å². The third kappa shape index (κ3) is 2.21. The second-order valence-corrected chi connectivity index (χ2v) is 3.60. The first-order chi connectivity index (χ1) is 8.24. The minimum Gasteiger partial charge on any atom is -0.616 e. The lowest BCUT2D eigenvalue weighted by atomic mass is 10.1. The Hall–Kier alpha value is -2.07. The molecular formula is C13H13NO3. The van der Waals surface area contributed by atoms with E-state index in [0.717, 1.165) is 0 Å². The highest BCUT2D eigenvalue weighted by Gasteiger charge is 2.21. The van der Waals surface area contributed by atoms with Gasteiger partial charge in [0.15, 0.2) is 6.10 Å². The number of hydrogen-bond donors (Lipinski definition) is 1. The van der Waals surface area contributed by atoms with Crippen molar-refractivity contribution >= 4 is 0 Å². The Balaban J connectivity index is 2.41. The van der Waals surface area contributed by atoms with Gasteiger partial charge in [0.05, 0.1) is 13.2 Å². The molecule has 0 aliphatic carbocycles. The fourth-order valence-corrected chi connectivity index (χ4v) is 1.65. The van der Waals surface area contributed by atoms with Crippen LogP contribution in [-0.4, -0.2) is 12.2 Å². The number of aliphatic hydroxyl groups excluding tert-OH is 1. The highest BCUT2D eigenvalue weighted by atomic mass is 16.5. The molecule has 1 aromatic heterocycles. The molecule has 0 bridgehead atoms. The van der Waals surface area contributed by atoms with Gasteiger partial charge in [-0.3, -0.25) is 0 Å². The van der Waals surface area contributed by atoms with Crippen molar-refractivity contribution in [1.82, 2.24) is 0 Å². The number of aliphatic hydroxyl groups is 1. The topological polar surface area (TPSA) is 56.4 Å². The van der Waals surface area contributed by atoms with Gasteiger partial charge < -0.3 is 15.1 Å². The fraction of sp³-hybridized carbons (Fsp3) is 0.154. The van der Waals surface area contributed by atoms with Crippen molar-refractivity contribution in [2.75, 3.05) is 7.11 Å². The molecule has 2 aromatic rings. The van der Waals surface area contributed by atoms with Gasteiger partial charge in [-0.1, -0.05) is 30.3 Å². The van der Waals surface area contributed by atoms with Crippen LogP contribution in [0.1, 0.15) is 17.4 Å². The van der Waals surface area contributed by atoms with Crippen LogP contribution in [0.2, 0.25) is 0 Å². The average molecular weight is 231 g/mol. The minimum absolute atomic E-state index is 0.164. The van der Waals surface area contributed by atoms with Gasteiger partial charge in [0.2, 0.25) is 5.69 Å². The summed E-state index contributed by atoms with van der Waals surface area (Å²) in [5.41, 5.74) is 0.918. The third-order valence-electron chi connectivity index (χ3n) is 2.55. The molecule has 0 saturated heterocycles. The second kappa shape index (κ2) is 4.84. The predicted molar refractivity (Wildman–Crippen MR) is 62.5 cm³/mol. The van der Waals surface area contributed by atoms with Crippen LogP contribution < -0.4 is 9.47 Å². The lowest BCUT2D eigenvalue weighted by Crippen LogP contribution is -2.35. The number of rotatable bonds is 3. The van der Waals surface area contributed by atoms with Crippen molar-refractivity contribution < 1.29 is 14.6 Å². The van der Waals surface area contributed by atoms with Crippen LogP contribution in [0.3, 0.4) is 0 Å². The normalized spacial score (nSPS) is 12.1. The highest BCUT2D eigenvalue weighted by molar-refractivity contribution is 5.24. The standard InChI is InChI=1S/C13H13NO3/c1-17-12-9-5-8-11(14(12)16)13(15)10-6-3-2-4-7-10/h2-9,13,15H,1H3. The Morgan fingerprint density at radius 1 is 1.12 bits per heavy atom. The first kappa shape index (κ1) is 11.4. The number of methoxy groups -OCH3 is 1. The lowest BCUT2D eigenvalue weighted by Gasteiger charge is -2.12. The zero-order chi connectivity index (χ0) is 12.3. The van der Waals surface area contributed by atoms with Gasteiger partial charge in [0.1, 0.15) is 0 Å². The molecule has 17 heavy (non-hydrogen) atoms. The molecule has 88 valence electrons. The Kier molecular flexibility index (Phi) is 3.25. The number of hydrogen-bond acceptors (Lipinski definition) is 3. The quantitative estimate of drug-likeness (QED) is 0.642. The van der Waals surface area contributed by atoms with E-state index >= 15 is 0 Å². The van der Waals surface area contributed by atoms with E-state index in [0.29, 0.717) is 10.3 Å². The maximum atomic E-state index is 11.8. The number of ether oxygens (including phenoxy) is 1. The van der Waals surface area contributed by atoms with Gasteiger partial charge in [-0.25, -0.2) is 0 Å². The summed E-state index contributed by atoms with van der Waals surface area (Å²) in [6, 6.07) is 13.8. The molecule has 1 heterocycles. The summed E-state index contributed by atoms with van der Waals surface area (Å²) < 4.78 is 5.51. The zero-order valence-corrected chi connectivity index (χ0v) is 9.41. The number of nitrogens with zero attached hydrogens (tertiary/aromatic N) is 1. The number of benzene rings is 1. The molecule has 1 N–H and O–H groups in total. The molecular weight excluding hydrogens is 218 g/mol. The molecule has 4 heteroatoms. The van der Waals surface area contributed by atoms with E-state index in [1.54, 1.807) is 30.3 Å². The van der Waals surface area contributed by atoms with E-state index in [1.165, 1.54) is 7.11 Å². The molecule has 0 fully saturated rings. The van der Waals surface area contributed by atoms with Crippen molar-refractivity contribution in [2.45, 2.75) is 6.10 Å². The van der Waals surface area contributed by atoms with Crippen LogP contribution in [0.15, 0.2) is 48.5 Å². The highest BCUT2D eigenvalue weighted by Crippen LogP contribution is 2.19. The largest absolute Gasteiger partial charge is 0.616 e. The molecule has 1 atom stereocenters. The average Bonchev–Trinajstić information content (AvgIpc) is 2.39. The fourth-order valence-electron chi connectivity index (χ4n) is 1.65. The molecule has 4 nitrogen and oxygen atoms in total. The second-order valence-electron chi connectivity index (χ2n) is 3.60. The Bertz CT molecular complexity index is 499. The first-order valence-electron chi connectivity index (χ1n) is 5.23. The maximum absolute atomic E-state index is 11.8. The lowest BCUT2D eigenvalue weighted by molar-refractivity contribution is -0.624. The summed E-state index contributed by atoms with van der Waals surface area (Å²) >= 11 is 0. The number of aromatic nitrogens is 1. The molecule has 0 radical (unpaired) electrons. The predicted octanol–water partition coefficient (Wildman–Crippen LogP) is 1.41. The van der Waals surface area contributed by atoms with Gasteiger partial charge in [-0.05, 0) is 11.6 Å². The van der Waals surface area contributed by atoms with Crippen LogP contribution >= 0.6 is 0 Å².